The number of methoxy groups -OCH3 is 1. The van der Waals surface area contributed by atoms with Gasteiger partial charge < -0.3 is 15.2 Å². The van der Waals surface area contributed by atoms with E-state index in [-0.39, 0.29) is 25.1 Å². The van der Waals surface area contributed by atoms with Crippen LogP contribution in [0.3, 0.4) is 0 Å². The molecule has 6 heteroatoms. The van der Waals surface area contributed by atoms with E-state index in [9.17, 15) is 9.59 Å². The number of nitrogens with zero attached hydrogens (tertiary/aromatic N) is 1. The number of nitrogens with one attached hydrogen (secondary N) is 1. The lowest BCUT2D eigenvalue weighted by atomic mass is 10.2. The number of carbonyl (C=O) groups is 2. The molecule has 1 fully saturated rings. The maximum Gasteiger partial charge on any atom is 0.325 e. The van der Waals surface area contributed by atoms with Crippen LogP contribution in [0.25, 0.3) is 0 Å². The third-order valence-corrected chi connectivity index (χ3v) is 2.99. The van der Waals surface area contributed by atoms with Crippen LogP contribution in [0.2, 0.25) is 0 Å². The van der Waals surface area contributed by atoms with E-state index in [1.807, 2.05) is 0 Å². The summed E-state index contributed by atoms with van der Waals surface area (Å²) >= 11 is 0. The van der Waals surface area contributed by atoms with E-state index >= 15 is 0 Å². The first-order valence-corrected chi connectivity index (χ1v) is 5.85. The van der Waals surface area contributed by atoms with Gasteiger partial charge in [0.15, 0.2) is 0 Å². The zero-order valence-electron chi connectivity index (χ0n) is 10.1. The summed E-state index contributed by atoms with van der Waals surface area (Å²) in [6, 6.07) is 0.184. The van der Waals surface area contributed by atoms with E-state index in [0.717, 1.165) is 19.4 Å². The summed E-state index contributed by atoms with van der Waals surface area (Å²) in [7, 11) is 1.28. The Kier molecular flexibility index (Phi) is 5.93. The average Bonchev–Trinajstić information content (AvgIpc) is 2.80. The van der Waals surface area contributed by atoms with Crippen molar-refractivity contribution in [2.24, 2.45) is 0 Å². The molecule has 0 saturated carbocycles. The molecule has 1 heterocycles. The summed E-state index contributed by atoms with van der Waals surface area (Å²) in [6.07, 6.45) is 2.39. The number of amides is 1. The Bertz CT molecular complexity index is 270. The van der Waals surface area contributed by atoms with Crippen LogP contribution in [0, 0.1) is 0 Å². The molecule has 1 atom stereocenters. The topological polar surface area (TPSA) is 78.9 Å². The molecule has 0 aliphatic carbocycles. The second-order valence-corrected chi connectivity index (χ2v) is 4.12. The number of ether oxygens (including phenoxy) is 1. The molecule has 0 aromatic heterocycles. The fourth-order valence-corrected chi connectivity index (χ4v) is 1.97. The monoisotopic (exact) mass is 244 g/mol. The van der Waals surface area contributed by atoms with Gasteiger partial charge in [-0.3, -0.25) is 14.5 Å². The number of hydrogen-bond donors (Lipinski definition) is 2. The van der Waals surface area contributed by atoms with Crippen molar-refractivity contribution >= 4 is 11.9 Å². The summed E-state index contributed by atoms with van der Waals surface area (Å²) in [5.41, 5.74) is 0. The van der Waals surface area contributed by atoms with Crippen LogP contribution in [0.5, 0.6) is 0 Å². The van der Waals surface area contributed by atoms with Crippen LogP contribution in [-0.4, -0.2) is 61.3 Å². The average molecular weight is 244 g/mol. The van der Waals surface area contributed by atoms with Crippen molar-refractivity contribution in [2.45, 2.75) is 25.3 Å². The molecular formula is C11H20N2O4. The maximum absolute atomic E-state index is 11.4. The Morgan fingerprint density at radius 3 is 2.94 bits per heavy atom. The summed E-state index contributed by atoms with van der Waals surface area (Å²) in [5, 5.41) is 11.6. The largest absolute Gasteiger partial charge is 0.468 e. The normalized spacial score (nSPS) is 20.2. The number of aliphatic hydroxyl groups is 1. The van der Waals surface area contributed by atoms with Gasteiger partial charge in [0.1, 0.15) is 6.54 Å². The van der Waals surface area contributed by atoms with Gasteiger partial charge in [-0.1, -0.05) is 0 Å². The standard InChI is InChI=1S/C11H20N2O4/c1-17-11(16)7-12-10(15)4-6-13-5-2-3-9(13)8-14/h9,14H,2-8H2,1H3,(H,12,15). The van der Waals surface area contributed by atoms with Gasteiger partial charge in [-0.25, -0.2) is 0 Å². The van der Waals surface area contributed by atoms with E-state index in [1.54, 1.807) is 0 Å². The quantitative estimate of drug-likeness (QED) is 0.593. The molecule has 1 saturated heterocycles. The lowest BCUT2D eigenvalue weighted by Crippen LogP contribution is -2.37. The highest BCUT2D eigenvalue weighted by molar-refractivity contribution is 5.81. The van der Waals surface area contributed by atoms with E-state index < -0.39 is 5.97 Å². The molecule has 1 aliphatic heterocycles. The smallest absolute Gasteiger partial charge is 0.325 e. The predicted octanol–water partition coefficient (Wildman–Crippen LogP) is -0.878. The lowest BCUT2D eigenvalue weighted by Gasteiger charge is -2.21. The molecule has 1 aliphatic rings. The van der Waals surface area contributed by atoms with Crippen LogP contribution in [0.4, 0.5) is 0 Å². The van der Waals surface area contributed by atoms with Crippen LogP contribution in [-0.2, 0) is 14.3 Å². The molecule has 6 nitrogen and oxygen atoms in total. The molecule has 0 spiro atoms. The molecule has 17 heavy (non-hydrogen) atoms. The number of carbonyl (C=O) groups excluding carboxylic acids is 2. The van der Waals surface area contributed by atoms with Gasteiger partial charge in [0.2, 0.25) is 5.91 Å². The first-order valence-electron chi connectivity index (χ1n) is 5.85. The van der Waals surface area contributed by atoms with Crippen molar-refractivity contribution in [1.82, 2.24) is 10.2 Å². The highest BCUT2D eigenvalue weighted by Crippen LogP contribution is 2.16. The number of hydrogen-bond acceptors (Lipinski definition) is 5. The van der Waals surface area contributed by atoms with E-state index in [4.69, 9.17) is 5.11 Å². The fraction of sp³-hybridized carbons (Fsp3) is 0.818. The third kappa shape index (κ3) is 4.70. The van der Waals surface area contributed by atoms with Crippen molar-refractivity contribution in [1.29, 1.82) is 0 Å². The van der Waals surface area contributed by atoms with Gasteiger partial charge >= 0.3 is 5.97 Å². The fourth-order valence-electron chi connectivity index (χ4n) is 1.97. The summed E-state index contributed by atoms with van der Waals surface area (Å²) in [4.78, 5) is 24.3. The van der Waals surface area contributed by atoms with Crippen molar-refractivity contribution in [2.75, 3.05) is 33.4 Å². The van der Waals surface area contributed by atoms with Gasteiger partial charge in [-0.2, -0.15) is 0 Å². The minimum atomic E-state index is -0.451. The highest BCUT2D eigenvalue weighted by Gasteiger charge is 2.23. The molecule has 2 N–H and O–H groups in total. The SMILES string of the molecule is COC(=O)CNC(=O)CCN1CCCC1CO. The lowest BCUT2D eigenvalue weighted by molar-refractivity contribution is -0.141. The molecular weight excluding hydrogens is 224 g/mol. The summed E-state index contributed by atoms with van der Waals surface area (Å²) < 4.78 is 4.42. The Morgan fingerprint density at radius 1 is 1.53 bits per heavy atom. The van der Waals surface area contributed by atoms with Gasteiger partial charge in [-0.05, 0) is 19.4 Å². The van der Waals surface area contributed by atoms with E-state index in [0.29, 0.717) is 13.0 Å². The van der Waals surface area contributed by atoms with Gasteiger partial charge in [0.05, 0.1) is 13.7 Å². The number of rotatable bonds is 6. The predicted molar refractivity (Wildman–Crippen MR) is 61.3 cm³/mol. The Hall–Kier alpha value is -1.14. The van der Waals surface area contributed by atoms with Crippen molar-refractivity contribution in [3.05, 3.63) is 0 Å². The van der Waals surface area contributed by atoms with Gasteiger partial charge in [-0.15, -0.1) is 0 Å². The molecule has 1 unspecified atom stereocenters. The Morgan fingerprint density at radius 2 is 2.29 bits per heavy atom. The van der Waals surface area contributed by atoms with Crippen molar-refractivity contribution in [3.8, 4) is 0 Å². The molecule has 98 valence electrons. The first kappa shape index (κ1) is 13.9. The van der Waals surface area contributed by atoms with Crippen LogP contribution < -0.4 is 5.32 Å². The number of aliphatic hydroxyl groups excluding tert-OH is 1. The minimum absolute atomic E-state index is 0.0846. The van der Waals surface area contributed by atoms with Crippen LogP contribution in [0.1, 0.15) is 19.3 Å². The second kappa shape index (κ2) is 7.24. The van der Waals surface area contributed by atoms with Crippen LogP contribution >= 0.6 is 0 Å². The summed E-state index contributed by atoms with van der Waals surface area (Å²) in [5.74, 6) is -0.619. The van der Waals surface area contributed by atoms with E-state index in [1.165, 1.54) is 7.11 Å². The second-order valence-electron chi connectivity index (χ2n) is 4.12. The zero-order chi connectivity index (χ0) is 12.7. The molecule has 1 amide bonds. The molecule has 0 aromatic carbocycles. The first-order chi connectivity index (χ1) is 8.17. The molecule has 0 aromatic rings. The van der Waals surface area contributed by atoms with Crippen molar-refractivity contribution < 1.29 is 19.4 Å². The van der Waals surface area contributed by atoms with Gasteiger partial charge in [0.25, 0.3) is 0 Å². The number of esters is 1. The molecule has 1 rings (SSSR count). The molecule has 0 bridgehead atoms. The summed E-state index contributed by atoms with van der Waals surface area (Å²) in [6.45, 7) is 1.61. The van der Waals surface area contributed by atoms with Crippen molar-refractivity contribution in [3.63, 3.8) is 0 Å². The Balaban J connectivity index is 2.17. The van der Waals surface area contributed by atoms with E-state index in [2.05, 4.69) is 15.0 Å². The third-order valence-electron chi connectivity index (χ3n) is 2.99. The molecule has 0 radical (unpaired) electrons. The highest BCUT2D eigenvalue weighted by atomic mass is 16.5. The number of likely N-dealkylation sites (tertiary alicyclic amines) is 1. The Labute approximate surface area is 101 Å². The zero-order valence-corrected chi connectivity index (χ0v) is 10.1. The van der Waals surface area contributed by atoms with Crippen LogP contribution in [0.15, 0.2) is 0 Å². The minimum Gasteiger partial charge on any atom is -0.468 e. The maximum atomic E-state index is 11.4. The van der Waals surface area contributed by atoms with Gasteiger partial charge in [0, 0.05) is 19.0 Å².